The van der Waals surface area contributed by atoms with Crippen molar-refractivity contribution in [3.8, 4) is 0 Å². The normalized spacial score (nSPS) is 10.3. The van der Waals surface area contributed by atoms with E-state index in [9.17, 15) is 9.59 Å². The summed E-state index contributed by atoms with van der Waals surface area (Å²) in [5, 5.41) is 18.8. The molecule has 104 valence electrons. The van der Waals surface area contributed by atoms with Crippen molar-refractivity contribution in [1.82, 2.24) is 15.0 Å². The van der Waals surface area contributed by atoms with Gasteiger partial charge in [-0.05, 0) is 31.5 Å². The van der Waals surface area contributed by atoms with Crippen LogP contribution in [0.5, 0.6) is 0 Å². The summed E-state index contributed by atoms with van der Waals surface area (Å²) < 4.78 is 1.26. The molecule has 0 unspecified atom stereocenters. The molecule has 20 heavy (non-hydrogen) atoms. The Hall–Kier alpha value is -2.70. The standard InChI is InChI=1S/C13H14N4O3/c1-8-4-3-5-10(6-8)14-11(18)7-17-9(2)12(13(19)20)15-16-17/h3-6H,7H2,1-2H3,(H,14,18)(H,19,20). The molecule has 0 atom stereocenters. The highest BCUT2D eigenvalue weighted by atomic mass is 16.4. The summed E-state index contributed by atoms with van der Waals surface area (Å²) in [7, 11) is 0. The minimum absolute atomic E-state index is 0.0833. The number of amides is 1. The number of aromatic nitrogens is 3. The monoisotopic (exact) mass is 274 g/mol. The van der Waals surface area contributed by atoms with Gasteiger partial charge in [-0.1, -0.05) is 17.3 Å². The Morgan fingerprint density at radius 2 is 2.10 bits per heavy atom. The van der Waals surface area contributed by atoms with Crippen LogP contribution in [0.1, 0.15) is 21.7 Å². The number of carboxylic acid groups (broad SMARTS) is 1. The highest BCUT2D eigenvalue weighted by Gasteiger charge is 2.16. The minimum atomic E-state index is -1.16. The topological polar surface area (TPSA) is 97.1 Å². The first-order valence-corrected chi connectivity index (χ1v) is 5.97. The number of carboxylic acids is 1. The Labute approximate surface area is 115 Å². The predicted octanol–water partition coefficient (Wildman–Crippen LogP) is 1.23. The van der Waals surface area contributed by atoms with E-state index in [0.717, 1.165) is 5.56 Å². The average Bonchev–Trinajstić information content (AvgIpc) is 2.71. The molecule has 0 bridgehead atoms. The molecule has 2 aromatic rings. The van der Waals surface area contributed by atoms with Gasteiger partial charge in [-0.2, -0.15) is 0 Å². The highest BCUT2D eigenvalue weighted by Crippen LogP contribution is 2.10. The van der Waals surface area contributed by atoms with Crippen molar-refractivity contribution in [2.75, 3.05) is 5.32 Å². The summed E-state index contributed by atoms with van der Waals surface area (Å²) in [6.07, 6.45) is 0. The Bertz CT molecular complexity index is 663. The molecular weight excluding hydrogens is 260 g/mol. The van der Waals surface area contributed by atoms with Gasteiger partial charge in [0.05, 0.1) is 5.69 Å². The predicted molar refractivity (Wildman–Crippen MR) is 71.5 cm³/mol. The van der Waals surface area contributed by atoms with Crippen LogP contribution in [-0.4, -0.2) is 32.0 Å². The van der Waals surface area contributed by atoms with Crippen LogP contribution in [0.3, 0.4) is 0 Å². The number of hydrogen-bond donors (Lipinski definition) is 2. The lowest BCUT2D eigenvalue weighted by Gasteiger charge is -2.06. The van der Waals surface area contributed by atoms with Crippen molar-refractivity contribution < 1.29 is 14.7 Å². The summed E-state index contributed by atoms with van der Waals surface area (Å²) in [6, 6.07) is 7.39. The molecule has 1 aromatic heterocycles. The van der Waals surface area contributed by atoms with E-state index >= 15 is 0 Å². The molecule has 1 aromatic carbocycles. The molecule has 1 heterocycles. The van der Waals surface area contributed by atoms with Crippen molar-refractivity contribution in [3.05, 3.63) is 41.2 Å². The van der Waals surface area contributed by atoms with Gasteiger partial charge >= 0.3 is 5.97 Å². The van der Waals surface area contributed by atoms with E-state index in [0.29, 0.717) is 11.4 Å². The lowest BCUT2D eigenvalue weighted by molar-refractivity contribution is -0.117. The van der Waals surface area contributed by atoms with Gasteiger partial charge in [-0.3, -0.25) is 4.79 Å². The molecule has 0 saturated heterocycles. The third-order valence-corrected chi connectivity index (χ3v) is 2.78. The second kappa shape index (κ2) is 5.52. The number of benzene rings is 1. The van der Waals surface area contributed by atoms with E-state index in [1.165, 1.54) is 4.68 Å². The van der Waals surface area contributed by atoms with Gasteiger partial charge in [-0.15, -0.1) is 5.10 Å². The van der Waals surface area contributed by atoms with Gasteiger partial charge in [0.25, 0.3) is 0 Å². The maximum atomic E-state index is 11.9. The maximum Gasteiger partial charge on any atom is 0.358 e. The summed E-state index contributed by atoms with van der Waals surface area (Å²) in [5.74, 6) is -1.45. The first kappa shape index (κ1) is 13.7. The first-order valence-electron chi connectivity index (χ1n) is 5.97. The number of carbonyl (C=O) groups is 2. The summed E-state index contributed by atoms with van der Waals surface area (Å²) in [6.45, 7) is 3.40. The molecule has 0 spiro atoms. The third-order valence-electron chi connectivity index (χ3n) is 2.78. The Morgan fingerprint density at radius 3 is 2.70 bits per heavy atom. The van der Waals surface area contributed by atoms with Crippen LogP contribution >= 0.6 is 0 Å². The number of anilines is 1. The van der Waals surface area contributed by atoms with Crippen LogP contribution in [0.25, 0.3) is 0 Å². The number of nitrogens with one attached hydrogen (secondary N) is 1. The van der Waals surface area contributed by atoms with Crippen LogP contribution in [0.15, 0.2) is 24.3 Å². The summed E-state index contributed by atoms with van der Waals surface area (Å²) in [5.41, 5.74) is 1.92. The fourth-order valence-electron chi connectivity index (χ4n) is 1.77. The van der Waals surface area contributed by atoms with Crippen LogP contribution in [0.2, 0.25) is 0 Å². The Kier molecular flexibility index (Phi) is 3.79. The molecule has 2 rings (SSSR count). The van der Waals surface area contributed by atoms with Gasteiger partial charge in [-0.25, -0.2) is 9.48 Å². The number of nitrogens with zero attached hydrogens (tertiary/aromatic N) is 3. The molecule has 0 saturated carbocycles. The molecule has 0 radical (unpaired) electrons. The fraction of sp³-hybridized carbons (Fsp3) is 0.231. The molecule has 0 aliphatic carbocycles. The third kappa shape index (κ3) is 3.00. The Morgan fingerprint density at radius 1 is 1.35 bits per heavy atom. The zero-order valence-electron chi connectivity index (χ0n) is 11.1. The molecule has 2 N–H and O–H groups in total. The number of aromatic carboxylic acids is 1. The zero-order chi connectivity index (χ0) is 14.7. The second-order valence-electron chi connectivity index (χ2n) is 4.40. The number of aryl methyl sites for hydroxylation is 1. The van der Waals surface area contributed by atoms with Crippen molar-refractivity contribution in [1.29, 1.82) is 0 Å². The van der Waals surface area contributed by atoms with Crippen LogP contribution in [-0.2, 0) is 11.3 Å². The van der Waals surface area contributed by atoms with Gasteiger partial charge in [0.1, 0.15) is 6.54 Å². The molecule has 1 amide bonds. The summed E-state index contributed by atoms with van der Waals surface area (Å²) in [4.78, 5) is 22.7. The van der Waals surface area contributed by atoms with E-state index < -0.39 is 5.97 Å². The summed E-state index contributed by atoms with van der Waals surface area (Å²) >= 11 is 0. The quantitative estimate of drug-likeness (QED) is 0.874. The van der Waals surface area contributed by atoms with Crippen molar-refractivity contribution in [2.24, 2.45) is 0 Å². The van der Waals surface area contributed by atoms with E-state index in [1.54, 1.807) is 13.0 Å². The SMILES string of the molecule is Cc1cccc(NC(=O)Cn2nnc(C(=O)O)c2C)c1. The number of hydrogen-bond acceptors (Lipinski definition) is 4. The molecular formula is C13H14N4O3. The van der Waals surface area contributed by atoms with Crippen LogP contribution in [0, 0.1) is 13.8 Å². The average molecular weight is 274 g/mol. The lowest BCUT2D eigenvalue weighted by Crippen LogP contribution is -2.20. The Balaban J connectivity index is 2.07. The van der Waals surface area contributed by atoms with Crippen molar-refractivity contribution in [2.45, 2.75) is 20.4 Å². The molecule has 7 nitrogen and oxygen atoms in total. The van der Waals surface area contributed by atoms with Gasteiger partial charge in [0.2, 0.25) is 5.91 Å². The molecule has 0 aliphatic heterocycles. The fourth-order valence-corrected chi connectivity index (χ4v) is 1.77. The zero-order valence-corrected chi connectivity index (χ0v) is 11.1. The van der Waals surface area contributed by atoms with Crippen LogP contribution < -0.4 is 5.32 Å². The molecule has 7 heteroatoms. The minimum Gasteiger partial charge on any atom is -0.476 e. The molecule has 0 aliphatic rings. The lowest BCUT2D eigenvalue weighted by atomic mass is 10.2. The largest absolute Gasteiger partial charge is 0.476 e. The van der Waals surface area contributed by atoms with Crippen molar-refractivity contribution in [3.63, 3.8) is 0 Å². The van der Waals surface area contributed by atoms with Gasteiger partial charge in [0.15, 0.2) is 5.69 Å². The first-order chi connectivity index (χ1) is 9.47. The van der Waals surface area contributed by atoms with Gasteiger partial charge < -0.3 is 10.4 Å². The highest BCUT2D eigenvalue weighted by molar-refractivity contribution is 5.91. The maximum absolute atomic E-state index is 11.9. The second-order valence-corrected chi connectivity index (χ2v) is 4.40. The van der Waals surface area contributed by atoms with Crippen LogP contribution in [0.4, 0.5) is 5.69 Å². The van der Waals surface area contributed by atoms with E-state index in [1.807, 2.05) is 25.1 Å². The van der Waals surface area contributed by atoms with Crippen molar-refractivity contribution >= 4 is 17.6 Å². The van der Waals surface area contributed by atoms with E-state index in [4.69, 9.17) is 5.11 Å². The molecule has 0 fully saturated rings. The number of rotatable bonds is 4. The van der Waals surface area contributed by atoms with E-state index in [2.05, 4.69) is 15.6 Å². The number of carbonyl (C=O) groups excluding carboxylic acids is 1. The van der Waals surface area contributed by atoms with Gasteiger partial charge in [0, 0.05) is 5.69 Å². The van der Waals surface area contributed by atoms with E-state index in [-0.39, 0.29) is 18.1 Å². The smallest absolute Gasteiger partial charge is 0.358 e.